The van der Waals surface area contributed by atoms with E-state index in [1.54, 1.807) is 24.3 Å². The highest BCUT2D eigenvalue weighted by atomic mass is 32.2. The number of piperidine rings is 2. The van der Waals surface area contributed by atoms with E-state index in [0.29, 0.717) is 70.2 Å². The summed E-state index contributed by atoms with van der Waals surface area (Å²) in [6, 6.07) is 20.9. The summed E-state index contributed by atoms with van der Waals surface area (Å²) < 4.78 is 99.8. The molecular formula is C65H80F3N9O10S3. The maximum absolute atomic E-state index is 14.5. The first-order valence-corrected chi connectivity index (χ1v) is 34.8. The van der Waals surface area contributed by atoms with E-state index in [2.05, 4.69) is 63.3 Å². The second-order valence-electron chi connectivity index (χ2n) is 24.6. The van der Waals surface area contributed by atoms with E-state index >= 15 is 0 Å². The van der Waals surface area contributed by atoms with Crippen LogP contribution in [0.2, 0.25) is 0 Å². The Hall–Kier alpha value is -7.06. The zero-order valence-electron chi connectivity index (χ0n) is 51.1. The molecule has 19 nitrogen and oxygen atoms in total. The van der Waals surface area contributed by atoms with Crippen molar-refractivity contribution in [1.29, 1.82) is 0 Å². The first-order valence-electron chi connectivity index (χ1n) is 30.8. The molecule has 1 aliphatic carbocycles. The quantitative estimate of drug-likeness (QED) is 0.0223. The Morgan fingerprint density at radius 1 is 0.811 bits per heavy atom. The fourth-order valence-corrected chi connectivity index (χ4v) is 15.3. The first kappa shape index (κ1) is 67.3. The number of nitrogens with one attached hydrogen (secondary N) is 5. The molecular weight excluding hydrogens is 1220 g/mol. The second kappa shape index (κ2) is 29.0. The monoisotopic (exact) mass is 1300 g/mol. The van der Waals surface area contributed by atoms with Crippen LogP contribution in [0.5, 0.6) is 0 Å². The van der Waals surface area contributed by atoms with E-state index < -0.39 is 82.5 Å². The molecule has 1 unspecified atom stereocenters. The van der Waals surface area contributed by atoms with Gasteiger partial charge < -0.3 is 25.8 Å². The van der Waals surface area contributed by atoms with Gasteiger partial charge in [-0.2, -0.15) is 13.2 Å². The lowest BCUT2D eigenvalue weighted by Crippen LogP contribution is -2.54. The Bertz CT molecular complexity index is 3610. The number of amides is 6. The van der Waals surface area contributed by atoms with E-state index in [0.717, 1.165) is 98.9 Å². The number of sulfone groups is 1. The highest BCUT2D eigenvalue weighted by Crippen LogP contribution is 2.43. The Morgan fingerprint density at radius 3 is 2.22 bits per heavy atom. The van der Waals surface area contributed by atoms with Crippen molar-refractivity contribution < 1.29 is 58.8 Å². The average Bonchev–Trinajstić information content (AvgIpc) is 1.51. The van der Waals surface area contributed by atoms with Crippen molar-refractivity contribution in [3.8, 4) is 0 Å². The maximum Gasteiger partial charge on any atom is 0.501 e. The van der Waals surface area contributed by atoms with Crippen molar-refractivity contribution in [2.75, 3.05) is 86.7 Å². The molecule has 3 saturated heterocycles. The fraction of sp³-hybridized carbons (Fsp3) is 0.477. The number of allylic oxidation sites excluding steroid dienone is 2. The summed E-state index contributed by atoms with van der Waals surface area (Å²) in [5.41, 5.74) is -0.404. The molecule has 4 aromatic carbocycles. The van der Waals surface area contributed by atoms with Crippen LogP contribution in [0.25, 0.3) is 0 Å². The Morgan fingerprint density at radius 2 is 1.53 bits per heavy atom. The van der Waals surface area contributed by atoms with Gasteiger partial charge >= 0.3 is 5.51 Å². The van der Waals surface area contributed by atoms with Crippen LogP contribution in [0.15, 0.2) is 129 Å². The number of alkyl halides is 3. The third kappa shape index (κ3) is 16.3. The molecule has 4 heterocycles. The van der Waals surface area contributed by atoms with E-state index in [-0.39, 0.29) is 52.5 Å². The number of sulfonamides is 1. The van der Waals surface area contributed by atoms with Crippen LogP contribution >= 0.6 is 11.8 Å². The lowest BCUT2D eigenvalue weighted by atomic mass is 9.72. The zero-order chi connectivity index (χ0) is 64.5. The van der Waals surface area contributed by atoms with E-state index in [1.165, 1.54) is 46.7 Å². The summed E-state index contributed by atoms with van der Waals surface area (Å²) in [7, 11) is -11.1. The number of piperazine rings is 1. The zero-order valence-corrected chi connectivity index (χ0v) is 53.5. The minimum Gasteiger partial charge on any atom is -0.384 e. The van der Waals surface area contributed by atoms with Crippen LogP contribution in [0.4, 0.5) is 30.2 Å². The van der Waals surface area contributed by atoms with Crippen LogP contribution in [0, 0.1) is 11.3 Å². The number of fused-ring (bicyclic) bond motifs is 1. The van der Waals surface area contributed by atoms with Crippen LogP contribution < -0.4 is 30.9 Å². The van der Waals surface area contributed by atoms with Gasteiger partial charge in [0.05, 0.1) is 21.7 Å². The molecule has 4 aromatic rings. The number of unbranched alkanes of at least 4 members (excludes halogenated alkanes) is 1. The number of nitrogens with zero attached hydrogens (tertiary/aromatic N) is 4. The number of likely N-dealkylation sites (tertiary alicyclic amines) is 1. The number of anilines is 3. The number of benzene rings is 4. The van der Waals surface area contributed by atoms with Crippen molar-refractivity contribution in [2.24, 2.45) is 11.3 Å². The van der Waals surface area contributed by atoms with Crippen molar-refractivity contribution in [2.45, 2.75) is 130 Å². The van der Waals surface area contributed by atoms with Gasteiger partial charge in [-0.15, -0.1) is 11.8 Å². The fourth-order valence-electron chi connectivity index (χ4n) is 12.3. The molecule has 4 aliphatic heterocycles. The number of thioether (sulfide) groups is 1. The topological polar surface area (TPSA) is 244 Å². The van der Waals surface area contributed by atoms with Gasteiger partial charge in [-0.25, -0.2) is 21.6 Å². The van der Waals surface area contributed by atoms with Gasteiger partial charge in [-0.3, -0.25) is 43.9 Å². The Kier molecular flexibility index (Phi) is 21.7. The molecule has 0 bridgehead atoms. The predicted octanol–water partition coefficient (Wildman–Crippen LogP) is 9.17. The summed E-state index contributed by atoms with van der Waals surface area (Å²) in [5, 5.41) is 11.3. The van der Waals surface area contributed by atoms with Crippen LogP contribution in [-0.2, 0) is 34.2 Å². The highest BCUT2D eigenvalue weighted by molar-refractivity contribution is 7.99. The van der Waals surface area contributed by atoms with Gasteiger partial charge in [0, 0.05) is 98.3 Å². The minimum atomic E-state index is -6.17. The number of carbonyl (C=O) groups excluding carboxylic acids is 6. The summed E-state index contributed by atoms with van der Waals surface area (Å²) in [4.78, 5) is 84.2. The Balaban J connectivity index is 0.779. The lowest BCUT2D eigenvalue weighted by Gasteiger charge is -2.39. The Labute approximate surface area is 529 Å². The molecule has 9 rings (SSSR count). The lowest BCUT2D eigenvalue weighted by molar-refractivity contribution is -0.136. The molecule has 484 valence electrons. The number of imide groups is 2. The molecule has 0 spiro atoms. The summed E-state index contributed by atoms with van der Waals surface area (Å²) in [5.74, 6) is -3.66. The molecule has 5 aliphatic rings. The average molecular weight is 1300 g/mol. The molecule has 6 amide bonds. The SMILES string of the molecule is C=C(CCCC)C1=C(CN2CCN(c3ccc(C(=O)NS(=O)(=O)c4ccc(N[C@H](CCN5CCC(C(=O)NCCCNc6cccc7c6C(=O)N(C6CCC(=O)NC6=O)C7=O)CC5)CSc5ccccc5)c(S(=O)(=O)C(F)(F)F)c4)cc3)CC2)CCC(C)(C)C1. The number of halogens is 3. The molecule has 2 atom stereocenters. The summed E-state index contributed by atoms with van der Waals surface area (Å²) in [6.07, 6.45) is 8.30. The molecule has 0 saturated carbocycles. The standard InChI is InChI=1S/C65H80F3N9O10S3/c1-5-6-12-43(2)52-40-64(3,4)29-25-46(52)41-75-35-37-76(38-36-75)48-19-17-44(18-20-48)60(80)73-90(86,87)50-21-22-53(56(39-50)89(84,85)65(66,67)68)71-47(42-88-49-13-8-7-9-14-49)28-34-74-32-26-45(27-33-74)59(79)70-31-11-30-69-54-16-10-15-51-58(54)63(83)77(62(51)82)55-23-24-57(78)72-61(55)81/h7-10,13-22,39,45,47,55,69,71H,2,5-6,11-12,23-38,40-42H2,1,3-4H3,(H,70,79)(H,73,80)(H,72,78,81)/t47-,55?/m1/s1. The van der Waals surface area contributed by atoms with E-state index in [1.807, 2.05) is 35.1 Å². The van der Waals surface area contributed by atoms with Crippen LogP contribution in [0.3, 0.4) is 0 Å². The molecule has 0 aromatic heterocycles. The van der Waals surface area contributed by atoms with Gasteiger partial charge in [0.2, 0.25) is 17.7 Å². The van der Waals surface area contributed by atoms with Gasteiger partial charge in [0.15, 0.2) is 0 Å². The number of hydrogen-bond donors (Lipinski definition) is 5. The molecule has 90 heavy (non-hydrogen) atoms. The van der Waals surface area contributed by atoms with Gasteiger partial charge in [-0.1, -0.05) is 69.2 Å². The van der Waals surface area contributed by atoms with Crippen LogP contribution in [0.1, 0.15) is 129 Å². The minimum absolute atomic E-state index is 0.0000894. The highest BCUT2D eigenvalue weighted by Gasteiger charge is 2.49. The van der Waals surface area contributed by atoms with E-state index in [4.69, 9.17) is 0 Å². The first-order chi connectivity index (χ1) is 42.8. The van der Waals surface area contributed by atoms with Crippen molar-refractivity contribution in [3.63, 3.8) is 0 Å². The summed E-state index contributed by atoms with van der Waals surface area (Å²) >= 11 is 1.39. The maximum atomic E-state index is 14.5. The van der Waals surface area contributed by atoms with Crippen molar-refractivity contribution in [3.05, 3.63) is 131 Å². The van der Waals surface area contributed by atoms with Crippen molar-refractivity contribution >= 4 is 84.1 Å². The smallest absolute Gasteiger partial charge is 0.384 e. The van der Waals surface area contributed by atoms with Gasteiger partial charge in [0.25, 0.3) is 37.6 Å². The predicted molar refractivity (Wildman–Crippen MR) is 340 cm³/mol. The molecule has 5 N–H and O–H groups in total. The van der Waals surface area contributed by atoms with Crippen LogP contribution in [-0.4, -0.2) is 156 Å². The summed E-state index contributed by atoms with van der Waals surface area (Å²) in [6.45, 7) is 17.4. The van der Waals surface area contributed by atoms with Gasteiger partial charge in [0.1, 0.15) is 10.9 Å². The second-order valence-corrected chi connectivity index (χ2v) is 29.3. The molecule has 0 radical (unpaired) electrons. The largest absolute Gasteiger partial charge is 0.501 e. The van der Waals surface area contributed by atoms with E-state index in [9.17, 15) is 58.8 Å². The molecule has 3 fully saturated rings. The normalized spacial score (nSPS) is 19.1. The number of rotatable bonds is 26. The number of hydrogen-bond acceptors (Lipinski definition) is 16. The third-order valence-corrected chi connectivity index (χ3v) is 21.6. The number of carbonyl (C=O) groups is 6. The molecule has 25 heteroatoms. The van der Waals surface area contributed by atoms with Crippen molar-refractivity contribution in [1.82, 2.24) is 30.1 Å². The van der Waals surface area contributed by atoms with Gasteiger partial charge in [-0.05, 0) is 155 Å². The third-order valence-electron chi connectivity index (χ3n) is 17.6.